The van der Waals surface area contributed by atoms with Crippen molar-refractivity contribution < 1.29 is 4.43 Å². The molecule has 112 valence electrons. The Bertz CT molecular complexity index is 899. The summed E-state index contributed by atoms with van der Waals surface area (Å²) in [6.45, 7) is 0. The van der Waals surface area contributed by atoms with E-state index in [4.69, 9.17) is 11.6 Å². The van der Waals surface area contributed by atoms with Crippen LogP contribution in [0.4, 0.5) is 0 Å². The first-order valence-corrected chi connectivity index (χ1v) is 8.69. The lowest BCUT2D eigenvalue weighted by Crippen LogP contribution is -2.24. The zero-order chi connectivity index (χ0) is 15.7. The van der Waals surface area contributed by atoms with Gasteiger partial charge in [0.2, 0.25) is 0 Å². The van der Waals surface area contributed by atoms with Crippen molar-refractivity contribution in [3.05, 3.63) is 69.4 Å². The Morgan fingerprint density at radius 2 is 1.95 bits per heavy atom. The van der Waals surface area contributed by atoms with Gasteiger partial charge in [0.1, 0.15) is 11.2 Å². The summed E-state index contributed by atoms with van der Waals surface area (Å²) in [6.07, 6.45) is 0. The fourth-order valence-corrected chi connectivity index (χ4v) is 3.92. The SMILES string of the molecule is O=[n+]1c(Sc2ccccc2)c(CBr)n([O-])c2ccc(Cl)cc21. The van der Waals surface area contributed by atoms with E-state index in [2.05, 4.69) is 15.9 Å². The molecule has 0 unspecified atom stereocenters. The number of nitrogens with zero attached hydrogens (tertiary/aromatic N) is 2. The molecule has 0 radical (unpaired) electrons. The van der Waals surface area contributed by atoms with E-state index in [-0.39, 0.29) is 10.8 Å². The van der Waals surface area contributed by atoms with E-state index >= 15 is 0 Å². The van der Waals surface area contributed by atoms with Gasteiger partial charge in [0.15, 0.2) is 0 Å². The van der Waals surface area contributed by atoms with Gasteiger partial charge in [0.25, 0.3) is 5.52 Å². The van der Waals surface area contributed by atoms with Gasteiger partial charge in [0, 0.05) is 20.9 Å². The maximum Gasteiger partial charge on any atom is 0.322 e. The van der Waals surface area contributed by atoms with Crippen molar-refractivity contribution >= 4 is 50.3 Å². The van der Waals surface area contributed by atoms with Crippen LogP contribution in [0.5, 0.6) is 0 Å². The Balaban J connectivity index is 2.28. The van der Waals surface area contributed by atoms with E-state index in [1.165, 1.54) is 17.8 Å². The molecule has 0 bridgehead atoms. The molecule has 0 N–H and O–H groups in total. The Kier molecular flexibility index (Phi) is 4.42. The predicted molar refractivity (Wildman–Crippen MR) is 92.3 cm³/mol. The largest absolute Gasteiger partial charge is 0.805 e. The third-order valence-corrected chi connectivity index (χ3v) is 5.00. The lowest BCUT2D eigenvalue weighted by atomic mass is 10.3. The average molecular weight is 398 g/mol. The molecule has 0 aliphatic carbocycles. The Hall–Kier alpha value is -1.50. The van der Waals surface area contributed by atoms with Gasteiger partial charge in [-0.3, -0.25) is 0 Å². The zero-order valence-electron chi connectivity index (χ0n) is 11.2. The van der Waals surface area contributed by atoms with Crippen molar-refractivity contribution in [2.45, 2.75) is 15.3 Å². The molecule has 2 aromatic carbocycles. The number of rotatable bonds is 3. The summed E-state index contributed by atoms with van der Waals surface area (Å²) in [4.78, 5) is 13.6. The summed E-state index contributed by atoms with van der Waals surface area (Å²) in [5.41, 5.74) is 0.926. The smallest absolute Gasteiger partial charge is 0.322 e. The van der Waals surface area contributed by atoms with Crippen LogP contribution in [0.1, 0.15) is 5.69 Å². The molecule has 0 spiro atoms. The molecule has 0 saturated carbocycles. The Morgan fingerprint density at radius 1 is 1.23 bits per heavy atom. The Morgan fingerprint density at radius 3 is 2.64 bits per heavy atom. The topological polar surface area (TPSA) is 51.0 Å². The first kappa shape index (κ1) is 15.4. The Labute approximate surface area is 144 Å². The number of fused-ring (bicyclic) bond motifs is 1. The van der Waals surface area contributed by atoms with Gasteiger partial charge in [-0.25, -0.2) is 0 Å². The van der Waals surface area contributed by atoms with Crippen LogP contribution in [-0.2, 0) is 5.33 Å². The highest BCUT2D eigenvalue weighted by atomic mass is 79.9. The second-order valence-electron chi connectivity index (χ2n) is 4.52. The van der Waals surface area contributed by atoms with Gasteiger partial charge in [-0.15, -0.1) is 0 Å². The number of alkyl halides is 1. The molecule has 3 rings (SSSR count). The summed E-state index contributed by atoms with van der Waals surface area (Å²) in [6, 6.07) is 14.1. The minimum Gasteiger partial charge on any atom is -0.805 e. The first-order chi connectivity index (χ1) is 10.6. The van der Waals surface area contributed by atoms with Crippen LogP contribution in [0.25, 0.3) is 11.0 Å². The third-order valence-electron chi connectivity index (χ3n) is 3.14. The molecular formula is C15H10BrClN2O2S. The molecule has 0 atom stereocenters. The van der Waals surface area contributed by atoms with Crippen molar-refractivity contribution in [2.75, 3.05) is 0 Å². The maximum atomic E-state index is 12.7. The standard InChI is InChI=1S/C15H10BrClN2O2S/c16-9-14-15(22-11-4-2-1-3-5-11)19(21)13-8-10(17)6-7-12(13)18(14)20/h1-8H,9H2. The summed E-state index contributed by atoms with van der Waals surface area (Å²) in [5, 5.41) is 13.6. The van der Waals surface area contributed by atoms with Gasteiger partial charge in [-0.2, -0.15) is 0 Å². The van der Waals surface area contributed by atoms with Crippen LogP contribution >= 0.6 is 39.3 Å². The highest BCUT2D eigenvalue weighted by molar-refractivity contribution is 9.08. The molecule has 7 heteroatoms. The number of benzene rings is 2. The second kappa shape index (κ2) is 6.32. The maximum absolute atomic E-state index is 12.7. The van der Waals surface area contributed by atoms with Gasteiger partial charge in [0.05, 0.1) is 9.76 Å². The van der Waals surface area contributed by atoms with Crippen LogP contribution < -0.4 is 4.43 Å². The van der Waals surface area contributed by atoms with Gasteiger partial charge >= 0.3 is 5.03 Å². The van der Waals surface area contributed by atoms with Crippen LogP contribution in [0.3, 0.4) is 0 Å². The number of halogens is 2. The summed E-state index contributed by atoms with van der Waals surface area (Å²) in [5.74, 6) is 0. The molecule has 0 amide bonds. The van der Waals surface area contributed by atoms with Crippen molar-refractivity contribution in [2.24, 2.45) is 0 Å². The quantitative estimate of drug-likeness (QED) is 0.479. The fraction of sp³-hybridized carbons (Fsp3) is 0.0667. The van der Waals surface area contributed by atoms with E-state index in [9.17, 15) is 10.1 Å². The minimum absolute atomic E-state index is 0.255. The molecule has 0 aliphatic heterocycles. The highest BCUT2D eigenvalue weighted by Crippen LogP contribution is 2.30. The molecule has 0 saturated heterocycles. The molecule has 22 heavy (non-hydrogen) atoms. The molecule has 1 heterocycles. The van der Waals surface area contributed by atoms with E-state index in [1.54, 1.807) is 12.1 Å². The summed E-state index contributed by atoms with van der Waals surface area (Å²) < 4.78 is 1.55. The minimum atomic E-state index is 0.255. The molecule has 3 aromatic rings. The van der Waals surface area contributed by atoms with E-state index in [0.29, 0.717) is 21.3 Å². The lowest BCUT2D eigenvalue weighted by molar-refractivity contribution is -0.510. The van der Waals surface area contributed by atoms with Gasteiger partial charge < -0.3 is 9.94 Å². The molecule has 0 fully saturated rings. The van der Waals surface area contributed by atoms with Gasteiger partial charge in [-0.05, 0) is 36.0 Å². The fourth-order valence-electron chi connectivity index (χ4n) is 2.10. The van der Waals surface area contributed by atoms with Gasteiger partial charge in [-0.1, -0.05) is 45.7 Å². The van der Waals surface area contributed by atoms with Crippen LogP contribution in [0.15, 0.2) is 58.5 Å². The van der Waals surface area contributed by atoms with Crippen molar-refractivity contribution in [3.8, 4) is 0 Å². The number of aromatic nitrogens is 2. The van der Waals surface area contributed by atoms with Crippen molar-refractivity contribution in [1.82, 2.24) is 4.73 Å². The first-order valence-electron chi connectivity index (χ1n) is 6.38. The normalized spacial score (nSPS) is 11.0. The van der Waals surface area contributed by atoms with Crippen LogP contribution in [-0.4, -0.2) is 4.73 Å². The lowest BCUT2D eigenvalue weighted by Gasteiger charge is -2.17. The summed E-state index contributed by atoms with van der Waals surface area (Å²) in [7, 11) is 0. The average Bonchev–Trinajstić information content (AvgIpc) is 2.53. The predicted octanol–water partition coefficient (Wildman–Crippen LogP) is 4.60. The zero-order valence-corrected chi connectivity index (χ0v) is 14.4. The third kappa shape index (κ3) is 2.74. The molecule has 4 nitrogen and oxygen atoms in total. The summed E-state index contributed by atoms with van der Waals surface area (Å²) >= 11 is 10.5. The molecular weight excluding hydrogens is 388 g/mol. The van der Waals surface area contributed by atoms with E-state index < -0.39 is 0 Å². The van der Waals surface area contributed by atoms with Crippen molar-refractivity contribution in [1.29, 1.82) is 0 Å². The molecule has 1 aromatic heterocycles. The number of hydrogen-bond acceptors (Lipinski definition) is 3. The van der Waals surface area contributed by atoms with E-state index in [1.807, 2.05) is 30.3 Å². The van der Waals surface area contributed by atoms with Crippen LogP contribution in [0, 0.1) is 10.1 Å². The number of hydrogen-bond donors (Lipinski definition) is 0. The van der Waals surface area contributed by atoms with Crippen molar-refractivity contribution in [3.63, 3.8) is 0 Å². The monoisotopic (exact) mass is 396 g/mol. The van der Waals surface area contributed by atoms with E-state index in [0.717, 1.165) is 14.1 Å². The molecule has 0 aliphatic rings. The second-order valence-corrected chi connectivity index (χ2v) is 6.58. The van der Waals surface area contributed by atoms with Crippen LogP contribution in [0.2, 0.25) is 5.02 Å². The highest BCUT2D eigenvalue weighted by Gasteiger charge is 2.23.